The Hall–Kier alpha value is -1.70. The van der Waals surface area contributed by atoms with Crippen LogP contribution in [-0.4, -0.2) is 7.11 Å². The highest BCUT2D eigenvalue weighted by molar-refractivity contribution is 9.10. The Morgan fingerprint density at radius 3 is 2.70 bits per heavy atom. The van der Waals surface area contributed by atoms with E-state index in [1.807, 2.05) is 24.3 Å². The maximum absolute atomic E-state index is 9.07. The van der Waals surface area contributed by atoms with Gasteiger partial charge in [0, 0.05) is 0 Å². The number of nitrogens with zero attached hydrogens (tertiary/aromatic N) is 1. The minimum absolute atomic E-state index is 0.345. The van der Waals surface area contributed by atoms with Crippen molar-refractivity contribution in [3.8, 4) is 17.6 Å². The smallest absolute Gasteiger partial charge is 0.139 e. The van der Waals surface area contributed by atoms with Gasteiger partial charge in [-0.25, -0.2) is 0 Å². The van der Waals surface area contributed by atoms with Gasteiger partial charge in [0.15, 0.2) is 0 Å². The molecule has 102 valence electrons. The van der Waals surface area contributed by atoms with Crippen LogP contribution in [-0.2, 0) is 6.61 Å². The number of methoxy groups -OCH3 is 1. The molecule has 0 saturated heterocycles. The van der Waals surface area contributed by atoms with Gasteiger partial charge >= 0.3 is 0 Å². The lowest BCUT2D eigenvalue weighted by Gasteiger charge is -2.10. The molecule has 0 spiro atoms. The van der Waals surface area contributed by atoms with Gasteiger partial charge < -0.3 is 9.47 Å². The molecule has 2 aromatic carbocycles. The Morgan fingerprint density at radius 1 is 1.25 bits per heavy atom. The van der Waals surface area contributed by atoms with Gasteiger partial charge in [0.1, 0.15) is 29.7 Å². The maximum atomic E-state index is 9.07. The molecule has 0 aliphatic rings. The molecular formula is C15H11BrClNO2. The van der Waals surface area contributed by atoms with Crippen LogP contribution in [0.1, 0.15) is 11.1 Å². The van der Waals surface area contributed by atoms with Crippen molar-refractivity contribution < 1.29 is 9.47 Å². The third kappa shape index (κ3) is 3.24. The Labute approximate surface area is 130 Å². The van der Waals surface area contributed by atoms with Crippen molar-refractivity contribution >= 4 is 27.5 Å². The van der Waals surface area contributed by atoms with Crippen molar-refractivity contribution in [2.24, 2.45) is 0 Å². The molecule has 0 saturated carbocycles. The highest BCUT2D eigenvalue weighted by atomic mass is 79.9. The summed E-state index contributed by atoms with van der Waals surface area (Å²) in [5, 5.41) is 9.46. The molecule has 0 aliphatic heterocycles. The summed E-state index contributed by atoms with van der Waals surface area (Å²) in [6, 6.07) is 12.9. The van der Waals surface area contributed by atoms with Gasteiger partial charge in [-0.1, -0.05) is 23.7 Å². The molecule has 0 unspecified atom stereocenters. The summed E-state index contributed by atoms with van der Waals surface area (Å²) in [6.07, 6.45) is 0. The van der Waals surface area contributed by atoms with Crippen molar-refractivity contribution in [2.75, 3.05) is 7.11 Å². The molecule has 0 amide bonds. The molecule has 0 heterocycles. The monoisotopic (exact) mass is 351 g/mol. The molecule has 2 aromatic rings. The highest BCUT2D eigenvalue weighted by Gasteiger charge is 2.08. The zero-order chi connectivity index (χ0) is 14.5. The lowest BCUT2D eigenvalue weighted by atomic mass is 10.2. The minimum atomic E-state index is 0.345. The molecule has 0 aliphatic carbocycles. The predicted octanol–water partition coefficient (Wildman–Crippen LogP) is 4.56. The highest BCUT2D eigenvalue weighted by Crippen LogP contribution is 2.28. The maximum Gasteiger partial charge on any atom is 0.139 e. The summed E-state index contributed by atoms with van der Waals surface area (Å²) in [5.74, 6) is 1.24. The largest absolute Gasteiger partial charge is 0.496 e. The standard InChI is InChI=1S/C15H11BrClNO2/c1-19-15-6-5-10(7-12(15)16)9-20-14-4-2-3-13(17)11(14)8-18/h2-7H,9H2,1H3. The van der Waals surface area contributed by atoms with Crippen LogP contribution in [0.4, 0.5) is 0 Å². The number of halogens is 2. The Balaban J connectivity index is 2.15. The van der Waals surface area contributed by atoms with E-state index in [2.05, 4.69) is 15.9 Å². The van der Waals surface area contributed by atoms with Crippen LogP contribution in [0, 0.1) is 11.3 Å². The van der Waals surface area contributed by atoms with Crippen LogP contribution in [0.2, 0.25) is 5.02 Å². The second kappa shape index (κ2) is 6.65. The molecule has 0 aromatic heterocycles. The lowest BCUT2D eigenvalue weighted by Crippen LogP contribution is -1.98. The average molecular weight is 353 g/mol. The SMILES string of the molecule is COc1ccc(COc2cccc(Cl)c2C#N)cc1Br. The molecule has 0 fully saturated rings. The quantitative estimate of drug-likeness (QED) is 0.810. The number of ether oxygens (including phenoxy) is 2. The molecule has 0 bridgehead atoms. The number of hydrogen-bond acceptors (Lipinski definition) is 3. The number of hydrogen-bond donors (Lipinski definition) is 0. The van der Waals surface area contributed by atoms with E-state index >= 15 is 0 Å². The van der Waals surface area contributed by atoms with Gasteiger partial charge in [0.05, 0.1) is 16.6 Å². The van der Waals surface area contributed by atoms with Crippen molar-refractivity contribution in [1.82, 2.24) is 0 Å². The Morgan fingerprint density at radius 2 is 2.05 bits per heavy atom. The molecule has 0 radical (unpaired) electrons. The van der Waals surface area contributed by atoms with Crippen LogP contribution in [0.3, 0.4) is 0 Å². The fraction of sp³-hybridized carbons (Fsp3) is 0.133. The summed E-state index contributed by atoms with van der Waals surface area (Å²) in [7, 11) is 1.61. The van der Waals surface area contributed by atoms with E-state index < -0.39 is 0 Å². The van der Waals surface area contributed by atoms with Gasteiger partial charge in [0.2, 0.25) is 0 Å². The van der Waals surface area contributed by atoms with E-state index in [1.165, 1.54) is 0 Å². The van der Waals surface area contributed by atoms with Crippen molar-refractivity contribution in [2.45, 2.75) is 6.61 Å². The molecule has 2 rings (SSSR count). The van der Waals surface area contributed by atoms with E-state index in [0.717, 1.165) is 15.8 Å². The Kier molecular flexibility index (Phi) is 4.89. The van der Waals surface area contributed by atoms with Crippen LogP contribution in [0.15, 0.2) is 40.9 Å². The van der Waals surface area contributed by atoms with Crippen molar-refractivity contribution in [3.05, 3.63) is 57.0 Å². The summed E-state index contributed by atoms with van der Waals surface area (Å²) < 4.78 is 11.7. The van der Waals surface area contributed by atoms with Gasteiger partial charge in [-0.3, -0.25) is 0 Å². The topological polar surface area (TPSA) is 42.2 Å². The average Bonchev–Trinajstić information content (AvgIpc) is 2.45. The van der Waals surface area contributed by atoms with Gasteiger partial charge in [-0.15, -0.1) is 0 Å². The zero-order valence-electron chi connectivity index (χ0n) is 10.7. The molecule has 5 heteroatoms. The minimum Gasteiger partial charge on any atom is -0.496 e. The van der Waals surface area contributed by atoms with Crippen molar-refractivity contribution in [3.63, 3.8) is 0 Å². The van der Waals surface area contributed by atoms with Crippen LogP contribution < -0.4 is 9.47 Å². The molecule has 0 atom stereocenters. The van der Waals surface area contributed by atoms with E-state index in [4.69, 9.17) is 26.3 Å². The molecule has 3 nitrogen and oxygen atoms in total. The van der Waals surface area contributed by atoms with Gasteiger partial charge in [0.25, 0.3) is 0 Å². The first kappa shape index (κ1) is 14.7. The fourth-order valence-electron chi connectivity index (χ4n) is 1.69. The van der Waals surface area contributed by atoms with Crippen LogP contribution >= 0.6 is 27.5 Å². The van der Waals surface area contributed by atoms with E-state index in [-0.39, 0.29) is 0 Å². The predicted molar refractivity (Wildman–Crippen MR) is 81.2 cm³/mol. The first-order valence-corrected chi connectivity index (χ1v) is 6.96. The lowest BCUT2D eigenvalue weighted by molar-refractivity contribution is 0.305. The third-order valence-electron chi connectivity index (χ3n) is 2.70. The van der Waals surface area contributed by atoms with E-state index in [0.29, 0.717) is 22.9 Å². The second-order valence-corrected chi connectivity index (χ2v) is 5.24. The van der Waals surface area contributed by atoms with Gasteiger partial charge in [-0.05, 0) is 45.8 Å². The Bertz CT molecular complexity index is 667. The summed E-state index contributed by atoms with van der Waals surface area (Å²) >= 11 is 9.37. The second-order valence-electron chi connectivity index (χ2n) is 3.98. The first-order chi connectivity index (χ1) is 9.65. The molecule has 20 heavy (non-hydrogen) atoms. The summed E-state index contributed by atoms with van der Waals surface area (Å²) in [6.45, 7) is 0.345. The first-order valence-electron chi connectivity index (χ1n) is 5.79. The number of benzene rings is 2. The van der Waals surface area contributed by atoms with Crippen LogP contribution in [0.25, 0.3) is 0 Å². The number of nitriles is 1. The summed E-state index contributed by atoms with van der Waals surface area (Å²) in [4.78, 5) is 0. The van der Waals surface area contributed by atoms with Crippen LogP contribution in [0.5, 0.6) is 11.5 Å². The normalized spacial score (nSPS) is 9.90. The van der Waals surface area contributed by atoms with Gasteiger partial charge in [-0.2, -0.15) is 5.26 Å². The third-order valence-corrected chi connectivity index (χ3v) is 3.63. The fourth-order valence-corrected chi connectivity index (χ4v) is 2.49. The van der Waals surface area contributed by atoms with E-state index in [9.17, 15) is 0 Å². The van der Waals surface area contributed by atoms with E-state index in [1.54, 1.807) is 25.3 Å². The van der Waals surface area contributed by atoms with Crippen molar-refractivity contribution in [1.29, 1.82) is 5.26 Å². The zero-order valence-corrected chi connectivity index (χ0v) is 13.0. The number of rotatable bonds is 4. The molecular weight excluding hydrogens is 342 g/mol. The molecule has 0 N–H and O–H groups in total. The summed E-state index contributed by atoms with van der Waals surface area (Å²) in [5.41, 5.74) is 1.31.